The summed E-state index contributed by atoms with van der Waals surface area (Å²) in [6.07, 6.45) is 5.53. The number of hydrogen-bond donors (Lipinski definition) is 2. The second-order valence-corrected chi connectivity index (χ2v) is 3.80. The van der Waals surface area contributed by atoms with Gasteiger partial charge >= 0.3 is 0 Å². The molecule has 2 N–H and O–H groups in total. The van der Waals surface area contributed by atoms with E-state index in [4.69, 9.17) is 11.6 Å². The Morgan fingerprint density at radius 1 is 1.38 bits per heavy atom. The van der Waals surface area contributed by atoms with Crippen LogP contribution in [0.1, 0.15) is 12.2 Å². The minimum absolute atomic E-state index is 0.510. The highest BCUT2D eigenvalue weighted by Gasteiger charge is 1.96. The van der Waals surface area contributed by atoms with Crippen LogP contribution in [-0.2, 0) is 6.42 Å². The Hall–Kier alpha value is -1.55. The molecule has 0 aromatic carbocycles. The van der Waals surface area contributed by atoms with Crippen LogP contribution in [0, 0.1) is 0 Å². The third-order valence-corrected chi connectivity index (χ3v) is 2.38. The number of anilines is 1. The molecule has 5 heteroatoms. The minimum atomic E-state index is 0.510. The summed E-state index contributed by atoms with van der Waals surface area (Å²) in [6, 6.07) is 5.54. The molecule has 84 valence electrons. The Kier molecular flexibility index (Phi) is 3.77. The lowest BCUT2D eigenvalue weighted by Crippen LogP contribution is -2.04. The lowest BCUT2D eigenvalue weighted by molar-refractivity contribution is 0.814. The van der Waals surface area contributed by atoms with Crippen LogP contribution >= 0.6 is 11.6 Å². The summed E-state index contributed by atoms with van der Waals surface area (Å²) in [5.41, 5.74) is 0. The van der Waals surface area contributed by atoms with Crippen molar-refractivity contribution >= 4 is 17.4 Å². The Morgan fingerprint density at radius 3 is 3.06 bits per heavy atom. The van der Waals surface area contributed by atoms with Crippen LogP contribution in [0.5, 0.6) is 0 Å². The van der Waals surface area contributed by atoms with E-state index >= 15 is 0 Å². The summed E-state index contributed by atoms with van der Waals surface area (Å²) in [6.45, 7) is 0.855. The normalized spacial score (nSPS) is 10.3. The van der Waals surface area contributed by atoms with Gasteiger partial charge in [-0.3, -0.25) is 0 Å². The van der Waals surface area contributed by atoms with Crippen LogP contribution in [-0.4, -0.2) is 21.5 Å². The van der Waals surface area contributed by atoms with E-state index in [-0.39, 0.29) is 0 Å². The zero-order valence-electron chi connectivity index (χ0n) is 8.78. The number of halogens is 1. The number of nitrogens with zero attached hydrogens (tertiary/aromatic N) is 2. The highest BCUT2D eigenvalue weighted by Crippen LogP contribution is 2.09. The third kappa shape index (κ3) is 3.24. The van der Waals surface area contributed by atoms with Crippen LogP contribution in [0.2, 0.25) is 5.15 Å². The second-order valence-electron chi connectivity index (χ2n) is 3.41. The highest BCUT2D eigenvalue weighted by molar-refractivity contribution is 6.29. The molecule has 0 bridgehead atoms. The molecule has 0 amide bonds. The van der Waals surface area contributed by atoms with Crippen molar-refractivity contribution in [3.63, 3.8) is 0 Å². The number of H-pyrrole nitrogens is 1. The fourth-order valence-electron chi connectivity index (χ4n) is 1.41. The van der Waals surface area contributed by atoms with Gasteiger partial charge in [0.2, 0.25) is 0 Å². The predicted octanol–water partition coefficient (Wildman–Crippen LogP) is 2.50. The molecule has 4 nitrogen and oxygen atoms in total. The lowest BCUT2D eigenvalue weighted by atomic mass is 10.3. The molecule has 0 aliphatic carbocycles. The summed E-state index contributed by atoms with van der Waals surface area (Å²) < 4.78 is 0. The van der Waals surface area contributed by atoms with Crippen molar-refractivity contribution in [1.82, 2.24) is 15.0 Å². The molecule has 0 spiro atoms. The summed E-state index contributed by atoms with van der Waals surface area (Å²) in [4.78, 5) is 11.4. The fraction of sp³-hybridized carbons (Fsp3) is 0.273. The van der Waals surface area contributed by atoms with Crippen LogP contribution in [0.4, 0.5) is 5.82 Å². The Balaban J connectivity index is 1.72. The lowest BCUT2D eigenvalue weighted by Gasteiger charge is -2.04. The minimum Gasteiger partial charge on any atom is -0.370 e. The molecule has 2 rings (SSSR count). The maximum Gasteiger partial charge on any atom is 0.131 e. The van der Waals surface area contributed by atoms with E-state index in [0.717, 1.165) is 31.0 Å². The first-order valence-corrected chi connectivity index (χ1v) is 5.57. The van der Waals surface area contributed by atoms with Gasteiger partial charge in [0.15, 0.2) is 0 Å². The van der Waals surface area contributed by atoms with Gasteiger partial charge in [-0.05, 0) is 18.6 Å². The average molecular weight is 237 g/mol. The summed E-state index contributed by atoms with van der Waals surface area (Å²) in [5, 5.41) is 3.72. The molecule has 2 heterocycles. The van der Waals surface area contributed by atoms with Crippen molar-refractivity contribution in [2.24, 2.45) is 0 Å². The molecule has 0 unspecified atom stereocenters. The van der Waals surface area contributed by atoms with Gasteiger partial charge in [-0.1, -0.05) is 17.7 Å². The molecule has 0 atom stereocenters. The third-order valence-electron chi connectivity index (χ3n) is 2.17. The van der Waals surface area contributed by atoms with Crippen molar-refractivity contribution in [1.29, 1.82) is 0 Å². The zero-order chi connectivity index (χ0) is 11.2. The first kappa shape index (κ1) is 11.0. The van der Waals surface area contributed by atoms with Gasteiger partial charge in [-0.15, -0.1) is 0 Å². The Bertz CT molecular complexity index is 427. The zero-order valence-corrected chi connectivity index (χ0v) is 9.54. The molecule has 0 aliphatic rings. The monoisotopic (exact) mass is 236 g/mol. The van der Waals surface area contributed by atoms with Crippen LogP contribution in [0.3, 0.4) is 0 Å². The molecular formula is C11H13ClN4. The average Bonchev–Trinajstić information content (AvgIpc) is 2.77. The topological polar surface area (TPSA) is 53.6 Å². The van der Waals surface area contributed by atoms with Crippen LogP contribution < -0.4 is 5.32 Å². The number of aromatic amines is 1. The van der Waals surface area contributed by atoms with E-state index in [1.54, 1.807) is 12.3 Å². The quantitative estimate of drug-likeness (QED) is 0.620. The molecule has 0 radical (unpaired) electrons. The number of pyridine rings is 1. The molecule has 2 aromatic heterocycles. The molecule has 2 aromatic rings. The van der Waals surface area contributed by atoms with E-state index in [9.17, 15) is 0 Å². The summed E-state index contributed by atoms with van der Waals surface area (Å²) in [7, 11) is 0. The van der Waals surface area contributed by atoms with Gasteiger partial charge in [0.05, 0.1) is 0 Å². The van der Waals surface area contributed by atoms with E-state index in [1.165, 1.54) is 0 Å². The first-order chi connectivity index (χ1) is 7.84. The summed E-state index contributed by atoms with van der Waals surface area (Å²) >= 11 is 5.77. The fourth-order valence-corrected chi connectivity index (χ4v) is 1.58. The highest BCUT2D eigenvalue weighted by atomic mass is 35.5. The van der Waals surface area contributed by atoms with E-state index in [0.29, 0.717) is 5.15 Å². The van der Waals surface area contributed by atoms with Crippen LogP contribution in [0.25, 0.3) is 0 Å². The van der Waals surface area contributed by atoms with E-state index in [2.05, 4.69) is 20.3 Å². The van der Waals surface area contributed by atoms with Crippen molar-refractivity contribution in [2.75, 3.05) is 11.9 Å². The second kappa shape index (κ2) is 5.51. The molecule has 16 heavy (non-hydrogen) atoms. The van der Waals surface area contributed by atoms with Gasteiger partial charge < -0.3 is 10.3 Å². The SMILES string of the molecule is Clc1cccc(NCCCc2ncc[nH]2)n1. The van der Waals surface area contributed by atoms with Crippen LogP contribution in [0.15, 0.2) is 30.6 Å². The van der Waals surface area contributed by atoms with Gasteiger partial charge in [-0.2, -0.15) is 0 Å². The largest absolute Gasteiger partial charge is 0.370 e. The van der Waals surface area contributed by atoms with E-state index < -0.39 is 0 Å². The van der Waals surface area contributed by atoms with Gasteiger partial charge in [0, 0.05) is 25.4 Å². The Morgan fingerprint density at radius 2 is 2.31 bits per heavy atom. The van der Waals surface area contributed by atoms with Gasteiger partial charge in [-0.25, -0.2) is 9.97 Å². The Labute approximate surface area is 99.1 Å². The molecular weight excluding hydrogens is 224 g/mol. The molecule has 0 fully saturated rings. The van der Waals surface area contributed by atoms with Gasteiger partial charge in [0.1, 0.15) is 16.8 Å². The summed E-state index contributed by atoms with van der Waals surface area (Å²) in [5.74, 6) is 1.83. The van der Waals surface area contributed by atoms with Crippen molar-refractivity contribution in [3.05, 3.63) is 41.6 Å². The first-order valence-electron chi connectivity index (χ1n) is 5.19. The van der Waals surface area contributed by atoms with Crippen molar-refractivity contribution < 1.29 is 0 Å². The number of nitrogens with one attached hydrogen (secondary N) is 2. The number of aryl methyl sites for hydroxylation is 1. The van der Waals surface area contributed by atoms with Crippen molar-refractivity contribution in [2.45, 2.75) is 12.8 Å². The number of imidazole rings is 1. The smallest absolute Gasteiger partial charge is 0.131 e. The number of aromatic nitrogens is 3. The van der Waals surface area contributed by atoms with E-state index in [1.807, 2.05) is 18.3 Å². The predicted molar refractivity (Wildman–Crippen MR) is 64.6 cm³/mol. The standard InChI is InChI=1S/C11H13ClN4/c12-9-3-1-4-11(16-9)13-6-2-5-10-14-7-8-15-10/h1,3-4,7-8H,2,5-6H2,(H,13,16)(H,14,15). The molecule has 0 aliphatic heterocycles. The van der Waals surface area contributed by atoms with Crippen molar-refractivity contribution in [3.8, 4) is 0 Å². The maximum atomic E-state index is 5.77. The molecule has 0 saturated heterocycles. The number of hydrogen-bond acceptors (Lipinski definition) is 3. The number of rotatable bonds is 5. The van der Waals surface area contributed by atoms with Gasteiger partial charge in [0.25, 0.3) is 0 Å². The maximum absolute atomic E-state index is 5.77. The molecule has 0 saturated carbocycles.